The van der Waals surface area contributed by atoms with Crippen LogP contribution in [-0.4, -0.2) is 26.2 Å². The van der Waals surface area contributed by atoms with E-state index in [1.165, 1.54) is 25.7 Å². The van der Waals surface area contributed by atoms with E-state index in [1.54, 1.807) is 10.9 Å². The largest absolute Gasteiger partial charge is 0.391 e. The lowest BCUT2D eigenvalue weighted by atomic mass is 10.0. The van der Waals surface area contributed by atoms with E-state index in [9.17, 15) is 5.11 Å². The SMILES string of the molecule is NCc1cn(CC(O)CC2CCCC2)nn1. The summed E-state index contributed by atoms with van der Waals surface area (Å²) < 4.78 is 1.68. The van der Waals surface area contributed by atoms with Crippen molar-refractivity contribution in [3.05, 3.63) is 11.9 Å². The lowest BCUT2D eigenvalue weighted by molar-refractivity contribution is 0.120. The van der Waals surface area contributed by atoms with Gasteiger partial charge in [0.05, 0.1) is 18.3 Å². The minimum absolute atomic E-state index is 0.310. The number of nitrogens with two attached hydrogens (primary N) is 1. The molecule has 0 aliphatic heterocycles. The zero-order valence-corrected chi connectivity index (χ0v) is 9.55. The van der Waals surface area contributed by atoms with Crippen LogP contribution in [0.2, 0.25) is 0 Å². The smallest absolute Gasteiger partial charge is 0.0962 e. The Morgan fingerprint density at radius 3 is 2.88 bits per heavy atom. The van der Waals surface area contributed by atoms with Gasteiger partial charge < -0.3 is 10.8 Å². The predicted molar refractivity (Wildman–Crippen MR) is 60.5 cm³/mol. The Morgan fingerprint density at radius 2 is 2.25 bits per heavy atom. The van der Waals surface area contributed by atoms with Crippen LogP contribution in [0, 0.1) is 5.92 Å². The number of aromatic nitrogens is 3. The zero-order valence-electron chi connectivity index (χ0n) is 9.55. The minimum Gasteiger partial charge on any atom is -0.391 e. The molecule has 0 bridgehead atoms. The molecule has 0 radical (unpaired) electrons. The molecule has 0 aromatic carbocycles. The summed E-state index contributed by atoms with van der Waals surface area (Å²) in [6.07, 6.45) is 7.55. The Kier molecular flexibility index (Phi) is 3.90. The first-order valence-electron chi connectivity index (χ1n) is 6.05. The van der Waals surface area contributed by atoms with Gasteiger partial charge in [-0.15, -0.1) is 5.10 Å². The van der Waals surface area contributed by atoms with E-state index in [4.69, 9.17) is 5.73 Å². The molecule has 1 unspecified atom stereocenters. The van der Waals surface area contributed by atoms with Crippen molar-refractivity contribution in [2.24, 2.45) is 11.7 Å². The molecule has 5 nitrogen and oxygen atoms in total. The number of hydrogen-bond acceptors (Lipinski definition) is 4. The Bertz CT molecular complexity index is 320. The summed E-state index contributed by atoms with van der Waals surface area (Å²) >= 11 is 0. The monoisotopic (exact) mass is 224 g/mol. The van der Waals surface area contributed by atoms with Crippen LogP contribution in [-0.2, 0) is 13.1 Å². The molecule has 90 valence electrons. The molecule has 1 aromatic heterocycles. The Hall–Kier alpha value is -0.940. The van der Waals surface area contributed by atoms with Gasteiger partial charge in [0.25, 0.3) is 0 Å². The topological polar surface area (TPSA) is 77.0 Å². The molecule has 1 saturated carbocycles. The second kappa shape index (κ2) is 5.41. The average Bonchev–Trinajstić information content (AvgIpc) is 2.89. The minimum atomic E-state index is -0.310. The molecule has 1 aromatic rings. The normalized spacial score (nSPS) is 19.1. The fraction of sp³-hybridized carbons (Fsp3) is 0.818. The Labute approximate surface area is 95.6 Å². The second-order valence-electron chi connectivity index (χ2n) is 4.68. The van der Waals surface area contributed by atoms with Crippen molar-refractivity contribution in [1.29, 1.82) is 0 Å². The third-order valence-corrected chi connectivity index (χ3v) is 3.27. The molecular weight excluding hydrogens is 204 g/mol. The van der Waals surface area contributed by atoms with Gasteiger partial charge in [-0.2, -0.15) is 0 Å². The van der Waals surface area contributed by atoms with Crippen molar-refractivity contribution in [2.45, 2.75) is 51.3 Å². The molecule has 16 heavy (non-hydrogen) atoms. The molecule has 0 saturated heterocycles. The summed E-state index contributed by atoms with van der Waals surface area (Å²) in [5.74, 6) is 0.701. The van der Waals surface area contributed by atoms with Gasteiger partial charge in [-0.05, 0) is 12.3 Å². The molecule has 1 fully saturated rings. The van der Waals surface area contributed by atoms with E-state index in [-0.39, 0.29) is 6.10 Å². The van der Waals surface area contributed by atoms with E-state index >= 15 is 0 Å². The number of nitrogens with zero attached hydrogens (tertiary/aromatic N) is 3. The van der Waals surface area contributed by atoms with Crippen molar-refractivity contribution in [1.82, 2.24) is 15.0 Å². The maximum atomic E-state index is 9.93. The molecule has 1 aliphatic carbocycles. The Balaban J connectivity index is 1.79. The van der Waals surface area contributed by atoms with Gasteiger partial charge in [-0.3, -0.25) is 0 Å². The van der Waals surface area contributed by atoms with Gasteiger partial charge in [0.1, 0.15) is 0 Å². The fourth-order valence-electron chi connectivity index (χ4n) is 2.44. The second-order valence-corrected chi connectivity index (χ2v) is 4.68. The number of aliphatic hydroxyl groups excluding tert-OH is 1. The highest BCUT2D eigenvalue weighted by atomic mass is 16.3. The molecule has 0 amide bonds. The maximum Gasteiger partial charge on any atom is 0.0962 e. The first-order chi connectivity index (χ1) is 7.78. The van der Waals surface area contributed by atoms with Gasteiger partial charge in [-0.25, -0.2) is 4.68 Å². The summed E-state index contributed by atoms with van der Waals surface area (Å²) in [4.78, 5) is 0. The third kappa shape index (κ3) is 3.02. The first-order valence-corrected chi connectivity index (χ1v) is 6.05. The third-order valence-electron chi connectivity index (χ3n) is 3.27. The fourth-order valence-corrected chi connectivity index (χ4v) is 2.44. The molecule has 5 heteroatoms. The van der Waals surface area contributed by atoms with Crippen LogP contribution in [0.5, 0.6) is 0 Å². The highest BCUT2D eigenvalue weighted by Gasteiger charge is 2.19. The standard InChI is InChI=1S/C11H20N4O/c12-6-10-7-15(14-13-10)8-11(16)5-9-3-1-2-4-9/h7,9,11,16H,1-6,8,12H2. The highest BCUT2D eigenvalue weighted by molar-refractivity contribution is 4.90. The van der Waals surface area contributed by atoms with Crippen LogP contribution >= 0.6 is 0 Å². The van der Waals surface area contributed by atoms with E-state index in [0.29, 0.717) is 19.0 Å². The van der Waals surface area contributed by atoms with Gasteiger partial charge in [0.15, 0.2) is 0 Å². The van der Waals surface area contributed by atoms with E-state index in [0.717, 1.165) is 12.1 Å². The molecule has 1 aliphatic rings. The van der Waals surface area contributed by atoms with Crippen LogP contribution in [0.3, 0.4) is 0 Å². The van der Waals surface area contributed by atoms with E-state index < -0.39 is 0 Å². The zero-order chi connectivity index (χ0) is 11.4. The number of aliphatic hydroxyl groups is 1. The number of hydrogen-bond donors (Lipinski definition) is 2. The summed E-state index contributed by atoms with van der Waals surface area (Å²) in [6.45, 7) is 0.933. The highest BCUT2D eigenvalue weighted by Crippen LogP contribution is 2.28. The molecular formula is C11H20N4O. The molecule has 3 N–H and O–H groups in total. The lowest BCUT2D eigenvalue weighted by Gasteiger charge is -2.14. The molecule has 1 heterocycles. The summed E-state index contributed by atoms with van der Waals surface area (Å²) in [5, 5.41) is 17.7. The van der Waals surface area contributed by atoms with Gasteiger partial charge >= 0.3 is 0 Å². The molecule has 2 rings (SSSR count). The average molecular weight is 224 g/mol. The number of rotatable bonds is 5. The van der Waals surface area contributed by atoms with Crippen LogP contribution in [0.4, 0.5) is 0 Å². The van der Waals surface area contributed by atoms with Crippen LogP contribution in [0.15, 0.2) is 6.20 Å². The van der Waals surface area contributed by atoms with Crippen LogP contribution in [0.25, 0.3) is 0 Å². The van der Waals surface area contributed by atoms with E-state index in [2.05, 4.69) is 10.3 Å². The van der Waals surface area contributed by atoms with E-state index in [1.807, 2.05) is 0 Å². The summed E-state index contributed by atoms with van der Waals surface area (Å²) in [5.41, 5.74) is 6.22. The van der Waals surface area contributed by atoms with Gasteiger partial charge in [0, 0.05) is 12.7 Å². The van der Waals surface area contributed by atoms with Crippen molar-refractivity contribution < 1.29 is 5.11 Å². The molecule has 1 atom stereocenters. The quantitative estimate of drug-likeness (QED) is 0.771. The van der Waals surface area contributed by atoms with Crippen molar-refractivity contribution in [3.8, 4) is 0 Å². The summed E-state index contributed by atoms with van der Waals surface area (Å²) in [7, 11) is 0. The van der Waals surface area contributed by atoms with Crippen molar-refractivity contribution in [3.63, 3.8) is 0 Å². The molecule has 0 spiro atoms. The van der Waals surface area contributed by atoms with Gasteiger partial charge in [-0.1, -0.05) is 30.9 Å². The van der Waals surface area contributed by atoms with Crippen LogP contribution < -0.4 is 5.73 Å². The van der Waals surface area contributed by atoms with Crippen molar-refractivity contribution in [2.75, 3.05) is 0 Å². The van der Waals surface area contributed by atoms with Crippen molar-refractivity contribution >= 4 is 0 Å². The lowest BCUT2D eigenvalue weighted by Crippen LogP contribution is -2.19. The maximum absolute atomic E-state index is 9.93. The summed E-state index contributed by atoms with van der Waals surface area (Å²) in [6, 6.07) is 0. The van der Waals surface area contributed by atoms with Gasteiger partial charge in [0.2, 0.25) is 0 Å². The van der Waals surface area contributed by atoms with Crippen LogP contribution in [0.1, 0.15) is 37.8 Å². The Morgan fingerprint density at radius 1 is 1.50 bits per heavy atom. The first kappa shape index (κ1) is 11.5. The predicted octanol–water partition coefficient (Wildman–Crippen LogP) is 0.678.